The number of amides is 1. The van der Waals surface area contributed by atoms with Crippen LogP contribution in [-0.4, -0.2) is 25.9 Å². The van der Waals surface area contributed by atoms with Crippen LogP contribution in [0.1, 0.15) is 12.0 Å². The summed E-state index contributed by atoms with van der Waals surface area (Å²) < 4.78 is 27.1. The number of aromatic nitrogens is 1. The SMILES string of the molecule is O=C(CCNS(=O)(=O)c1c(Cl)cccc1Cl)NCc1cncc(-c2ccsc2)c1. The molecule has 0 aliphatic carbocycles. The van der Waals surface area contributed by atoms with Crippen LogP contribution in [-0.2, 0) is 21.4 Å². The highest BCUT2D eigenvalue weighted by molar-refractivity contribution is 7.89. The second-order valence-corrected chi connectivity index (χ2v) is 9.37. The van der Waals surface area contributed by atoms with Crippen LogP contribution in [0.5, 0.6) is 0 Å². The predicted octanol–water partition coefficient (Wildman–Crippen LogP) is 4.10. The number of pyridine rings is 1. The minimum atomic E-state index is -3.92. The Labute approximate surface area is 182 Å². The molecule has 0 radical (unpaired) electrons. The number of hydrogen-bond acceptors (Lipinski definition) is 5. The van der Waals surface area contributed by atoms with Crippen LogP contribution < -0.4 is 10.0 Å². The molecule has 10 heteroatoms. The summed E-state index contributed by atoms with van der Waals surface area (Å²) in [5.74, 6) is -0.293. The molecule has 0 fully saturated rings. The average molecular weight is 470 g/mol. The molecule has 3 rings (SSSR count). The third-order valence-corrected chi connectivity index (χ3v) is 7.07. The number of rotatable bonds is 8. The maximum absolute atomic E-state index is 12.4. The Bertz CT molecular complexity index is 1080. The fourth-order valence-electron chi connectivity index (χ4n) is 2.57. The van der Waals surface area contributed by atoms with E-state index in [9.17, 15) is 13.2 Å². The van der Waals surface area contributed by atoms with Gasteiger partial charge in [-0.1, -0.05) is 29.3 Å². The zero-order valence-electron chi connectivity index (χ0n) is 15.1. The smallest absolute Gasteiger partial charge is 0.243 e. The lowest BCUT2D eigenvalue weighted by atomic mass is 10.1. The van der Waals surface area contributed by atoms with E-state index >= 15 is 0 Å². The van der Waals surface area contributed by atoms with Crippen LogP contribution in [0.3, 0.4) is 0 Å². The van der Waals surface area contributed by atoms with Gasteiger partial charge in [-0.2, -0.15) is 11.3 Å². The molecule has 152 valence electrons. The Morgan fingerprint density at radius 2 is 1.86 bits per heavy atom. The minimum Gasteiger partial charge on any atom is -0.352 e. The predicted molar refractivity (Wildman–Crippen MR) is 116 cm³/mol. The number of thiophene rings is 1. The number of nitrogens with one attached hydrogen (secondary N) is 2. The van der Waals surface area contributed by atoms with Crippen LogP contribution in [0.4, 0.5) is 0 Å². The number of carbonyl (C=O) groups is 1. The van der Waals surface area contributed by atoms with Crippen molar-refractivity contribution >= 4 is 50.5 Å². The molecule has 2 aromatic heterocycles. The first-order valence-electron chi connectivity index (χ1n) is 8.54. The van der Waals surface area contributed by atoms with Gasteiger partial charge in [-0.3, -0.25) is 9.78 Å². The summed E-state index contributed by atoms with van der Waals surface area (Å²) in [6, 6.07) is 8.39. The summed E-state index contributed by atoms with van der Waals surface area (Å²) in [6.07, 6.45) is 3.42. The zero-order valence-corrected chi connectivity index (χ0v) is 18.2. The van der Waals surface area contributed by atoms with Crippen molar-refractivity contribution in [2.45, 2.75) is 17.9 Å². The van der Waals surface area contributed by atoms with Crippen molar-refractivity contribution in [3.63, 3.8) is 0 Å². The monoisotopic (exact) mass is 469 g/mol. The molecule has 0 bridgehead atoms. The van der Waals surface area contributed by atoms with Gasteiger partial charge in [0.25, 0.3) is 0 Å². The fourth-order valence-corrected chi connectivity index (χ4v) is 5.41. The molecule has 3 aromatic rings. The lowest BCUT2D eigenvalue weighted by Crippen LogP contribution is -2.30. The average Bonchev–Trinajstić information content (AvgIpc) is 3.21. The van der Waals surface area contributed by atoms with Crippen LogP contribution in [0.2, 0.25) is 10.0 Å². The normalized spacial score (nSPS) is 11.4. The van der Waals surface area contributed by atoms with Gasteiger partial charge >= 0.3 is 0 Å². The van der Waals surface area contributed by atoms with E-state index in [1.165, 1.54) is 12.1 Å². The lowest BCUT2D eigenvalue weighted by Gasteiger charge is -2.10. The number of hydrogen-bond donors (Lipinski definition) is 2. The summed E-state index contributed by atoms with van der Waals surface area (Å²) in [7, 11) is -3.92. The van der Waals surface area contributed by atoms with Gasteiger partial charge in [0.05, 0.1) is 10.0 Å². The number of halogens is 2. The van der Waals surface area contributed by atoms with Gasteiger partial charge in [-0.25, -0.2) is 13.1 Å². The molecule has 2 heterocycles. The third kappa shape index (κ3) is 5.77. The van der Waals surface area contributed by atoms with E-state index in [1.807, 2.05) is 22.9 Å². The molecule has 29 heavy (non-hydrogen) atoms. The molecule has 0 aliphatic heterocycles. The molecule has 0 unspecified atom stereocenters. The molecule has 0 atom stereocenters. The summed E-state index contributed by atoms with van der Waals surface area (Å²) in [6.45, 7) is 0.218. The van der Waals surface area contributed by atoms with E-state index in [-0.39, 0.29) is 33.8 Å². The van der Waals surface area contributed by atoms with Crippen LogP contribution in [0, 0.1) is 0 Å². The van der Waals surface area contributed by atoms with Crippen molar-refractivity contribution in [2.24, 2.45) is 0 Å². The van der Waals surface area contributed by atoms with E-state index in [1.54, 1.807) is 29.8 Å². The van der Waals surface area contributed by atoms with Crippen molar-refractivity contribution in [2.75, 3.05) is 6.54 Å². The van der Waals surface area contributed by atoms with Crippen LogP contribution >= 0.6 is 34.5 Å². The number of nitrogens with zero attached hydrogens (tertiary/aromatic N) is 1. The van der Waals surface area contributed by atoms with Crippen molar-refractivity contribution < 1.29 is 13.2 Å². The molecule has 0 saturated carbocycles. The molecule has 0 aliphatic rings. The topological polar surface area (TPSA) is 88.2 Å². The van der Waals surface area contributed by atoms with Crippen LogP contribution in [0.25, 0.3) is 11.1 Å². The minimum absolute atomic E-state index is 0.0208. The Morgan fingerprint density at radius 3 is 2.55 bits per heavy atom. The van der Waals surface area contributed by atoms with E-state index in [2.05, 4.69) is 15.0 Å². The third-order valence-electron chi connectivity index (χ3n) is 3.97. The van der Waals surface area contributed by atoms with Gasteiger partial charge in [-0.05, 0) is 46.2 Å². The molecular weight excluding hydrogens is 453 g/mol. The maximum Gasteiger partial charge on any atom is 0.243 e. The molecule has 2 N–H and O–H groups in total. The molecule has 1 aromatic carbocycles. The van der Waals surface area contributed by atoms with E-state index in [4.69, 9.17) is 23.2 Å². The lowest BCUT2D eigenvalue weighted by molar-refractivity contribution is -0.121. The van der Waals surface area contributed by atoms with Gasteiger partial charge < -0.3 is 5.32 Å². The first-order chi connectivity index (χ1) is 13.9. The second-order valence-electron chi connectivity index (χ2n) is 6.07. The summed E-state index contributed by atoms with van der Waals surface area (Å²) in [5.41, 5.74) is 2.90. The number of sulfonamides is 1. The zero-order chi connectivity index (χ0) is 20.9. The Balaban J connectivity index is 1.51. The van der Waals surface area contributed by atoms with Gasteiger partial charge in [-0.15, -0.1) is 0 Å². The highest BCUT2D eigenvalue weighted by Gasteiger charge is 2.21. The van der Waals surface area contributed by atoms with Gasteiger partial charge in [0.1, 0.15) is 4.90 Å². The highest BCUT2D eigenvalue weighted by atomic mass is 35.5. The van der Waals surface area contributed by atoms with Crippen molar-refractivity contribution in [3.8, 4) is 11.1 Å². The van der Waals surface area contributed by atoms with E-state index < -0.39 is 10.0 Å². The quantitative estimate of drug-likeness (QED) is 0.519. The standard InChI is InChI=1S/C19H17Cl2N3O3S2/c20-16-2-1-3-17(21)19(16)29(26,27)24-6-4-18(25)23-10-13-8-15(11-22-9-13)14-5-7-28-12-14/h1-3,5,7-9,11-12,24H,4,6,10H2,(H,23,25). The molecule has 1 amide bonds. The number of carbonyl (C=O) groups excluding carboxylic acids is 1. The number of benzene rings is 1. The van der Waals surface area contributed by atoms with Crippen molar-refractivity contribution in [1.29, 1.82) is 0 Å². The highest BCUT2D eigenvalue weighted by Crippen LogP contribution is 2.28. The van der Waals surface area contributed by atoms with Crippen molar-refractivity contribution in [3.05, 3.63) is 69.1 Å². The molecule has 0 spiro atoms. The Morgan fingerprint density at radius 1 is 1.10 bits per heavy atom. The summed E-state index contributed by atoms with van der Waals surface area (Å²) in [5, 5.41) is 6.81. The van der Waals surface area contributed by atoms with Crippen LogP contribution in [0.15, 0.2) is 58.4 Å². The van der Waals surface area contributed by atoms with Gasteiger partial charge in [0, 0.05) is 37.5 Å². The molecule has 0 saturated heterocycles. The first-order valence-corrected chi connectivity index (χ1v) is 11.7. The van der Waals surface area contributed by atoms with Crippen molar-refractivity contribution in [1.82, 2.24) is 15.0 Å². The Hall–Kier alpha value is -1.97. The van der Waals surface area contributed by atoms with Gasteiger partial charge in [0.2, 0.25) is 15.9 Å². The molecule has 6 nitrogen and oxygen atoms in total. The van der Waals surface area contributed by atoms with E-state index in [0.717, 1.165) is 16.7 Å². The maximum atomic E-state index is 12.4. The summed E-state index contributed by atoms with van der Waals surface area (Å²) in [4.78, 5) is 16.1. The molecular formula is C19H17Cl2N3O3S2. The summed E-state index contributed by atoms with van der Waals surface area (Å²) >= 11 is 13.5. The fraction of sp³-hybridized carbons (Fsp3) is 0.158. The van der Waals surface area contributed by atoms with E-state index in [0.29, 0.717) is 6.54 Å². The first kappa shape index (κ1) is 21.7. The Kier molecular flexibility index (Phi) is 7.26. The van der Waals surface area contributed by atoms with Gasteiger partial charge in [0.15, 0.2) is 0 Å². The second kappa shape index (κ2) is 9.69. The largest absolute Gasteiger partial charge is 0.352 e.